The largest absolute Gasteiger partial charge is 0.327 e. The zero-order valence-corrected chi connectivity index (χ0v) is 13.7. The Bertz CT molecular complexity index is 766. The molecule has 0 aliphatic carbocycles. The van der Waals surface area contributed by atoms with Crippen LogP contribution in [0.25, 0.3) is 0 Å². The van der Waals surface area contributed by atoms with E-state index in [-0.39, 0.29) is 24.4 Å². The molecule has 0 aromatic heterocycles. The van der Waals surface area contributed by atoms with Gasteiger partial charge in [0, 0.05) is 12.6 Å². The summed E-state index contributed by atoms with van der Waals surface area (Å²) in [4.78, 5) is 25.7. The summed E-state index contributed by atoms with van der Waals surface area (Å²) in [5.74, 6) is -0.477. The predicted octanol–water partition coefficient (Wildman–Crippen LogP) is 3.11. The average molecular weight is 321 g/mol. The van der Waals surface area contributed by atoms with Crippen LogP contribution in [0.5, 0.6) is 0 Å². The molecule has 1 unspecified atom stereocenters. The lowest BCUT2D eigenvalue weighted by atomic mass is 10.1. The zero-order chi connectivity index (χ0) is 17.5. The molecule has 0 aliphatic rings. The van der Waals surface area contributed by atoms with Crippen molar-refractivity contribution in [3.05, 3.63) is 65.7 Å². The van der Waals surface area contributed by atoms with E-state index in [9.17, 15) is 9.59 Å². The fourth-order valence-electron chi connectivity index (χ4n) is 2.45. The third-order valence-electron chi connectivity index (χ3n) is 3.74. The predicted molar refractivity (Wildman–Crippen MR) is 92.0 cm³/mol. The molecule has 0 spiro atoms. The fraction of sp³-hybridized carbons (Fsp3) is 0.211. The number of benzene rings is 2. The lowest BCUT2D eigenvalue weighted by molar-refractivity contribution is -0.134. The first kappa shape index (κ1) is 17.2. The number of nitrogens with zero attached hydrogens (tertiary/aromatic N) is 2. The maximum atomic E-state index is 12.3. The van der Waals surface area contributed by atoms with Gasteiger partial charge < -0.3 is 10.2 Å². The molecule has 2 aromatic carbocycles. The van der Waals surface area contributed by atoms with Gasteiger partial charge in [-0.15, -0.1) is 0 Å². The Hall–Kier alpha value is -3.13. The van der Waals surface area contributed by atoms with Crippen molar-refractivity contribution < 1.29 is 9.59 Å². The van der Waals surface area contributed by atoms with Crippen molar-refractivity contribution in [1.82, 2.24) is 4.90 Å². The second kappa shape index (κ2) is 7.93. The Kier molecular flexibility index (Phi) is 5.69. The van der Waals surface area contributed by atoms with Gasteiger partial charge in [-0.25, -0.2) is 0 Å². The van der Waals surface area contributed by atoms with Gasteiger partial charge in [0.2, 0.25) is 11.8 Å². The van der Waals surface area contributed by atoms with Crippen LogP contribution in [0.1, 0.15) is 31.0 Å². The number of nitriles is 1. The standard InChI is InChI=1S/C19H19N3O2/c1-14(17-8-4-3-5-9-17)22(15(2)23)13-19(24)21-18-10-6-7-16(11-18)12-20/h3-11,14H,13H2,1-2H3,(H,21,24). The van der Waals surface area contributed by atoms with Crippen molar-refractivity contribution in [2.24, 2.45) is 0 Å². The molecule has 1 N–H and O–H groups in total. The minimum absolute atomic E-state index is 0.0534. The van der Waals surface area contributed by atoms with E-state index in [0.29, 0.717) is 11.3 Å². The molecule has 5 nitrogen and oxygen atoms in total. The van der Waals surface area contributed by atoms with Crippen LogP contribution in [0.3, 0.4) is 0 Å². The van der Waals surface area contributed by atoms with Gasteiger partial charge >= 0.3 is 0 Å². The Morgan fingerprint density at radius 2 is 1.88 bits per heavy atom. The number of carbonyl (C=O) groups excluding carboxylic acids is 2. The fourth-order valence-corrected chi connectivity index (χ4v) is 2.45. The summed E-state index contributed by atoms with van der Waals surface area (Å²) in [5.41, 5.74) is 1.97. The molecule has 0 radical (unpaired) electrons. The van der Waals surface area contributed by atoms with Gasteiger partial charge in [-0.1, -0.05) is 36.4 Å². The minimum Gasteiger partial charge on any atom is -0.327 e. The highest BCUT2D eigenvalue weighted by molar-refractivity contribution is 5.94. The van der Waals surface area contributed by atoms with Gasteiger partial charge in [-0.2, -0.15) is 5.26 Å². The van der Waals surface area contributed by atoms with Crippen LogP contribution in [-0.4, -0.2) is 23.3 Å². The van der Waals surface area contributed by atoms with E-state index >= 15 is 0 Å². The smallest absolute Gasteiger partial charge is 0.244 e. The number of anilines is 1. The highest BCUT2D eigenvalue weighted by Crippen LogP contribution is 2.20. The van der Waals surface area contributed by atoms with Crippen molar-refractivity contribution in [3.63, 3.8) is 0 Å². The molecule has 2 rings (SSSR count). The van der Waals surface area contributed by atoms with Crippen LogP contribution in [0.15, 0.2) is 54.6 Å². The first-order valence-electron chi connectivity index (χ1n) is 7.63. The van der Waals surface area contributed by atoms with Crippen LogP contribution >= 0.6 is 0 Å². The molecular formula is C19H19N3O2. The number of nitrogens with one attached hydrogen (secondary N) is 1. The van der Waals surface area contributed by atoms with Crippen molar-refractivity contribution in [2.75, 3.05) is 11.9 Å². The van der Waals surface area contributed by atoms with Crippen molar-refractivity contribution in [3.8, 4) is 6.07 Å². The summed E-state index contributed by atoms with van der Waals surface area (Å²) in [5, 5.41) is 11.6. The number of carbonyl (C=O) groups is 2. The first-order valence-corrected chi connectivity index (χ1v) is 7.63. The number of hydrogen-bond acceptors (Lipinski definition) is 3. The topological polar surface area (TPSA) is 73.2 Å². The number of rotatable bonds is 5. The second-order valence-corrected chi connectivity index (χ2v) is 5.47. The molecular weight excluding hydrogens is 302 g/mol. The highest BCUT2D eigenvalue weighted by atomic mass is 16.2. The first-order chi connectivity index (χ1) is 11.5. The van der Waals surface area contributed by atoms with Gasteiger partial charge in [-0.05, 0) is 30.7 Å². The minimum atomic E-state index is -0.303. The Balaban J connectivity index is 2.08. The van der Waals surface area contributed by atoms with Gasteiger partial charge in [0.1, 0.15) is 6.54 Å². The van der Waals surface area contributed by atoms with E-state index in [1.54, 1.807) is 24.3 Å². The Morgan fingerprint density at radius 3 is 2.50 bits per heavy atom. The molecule has 0 heterocycles. The SMILES string of the molecule is CC(=O)N(CC(=O)Nc1cccc(C#N)c1)C(C)c1ccccc1. The molecule has 1 atom stereocenters. The van der Waals surface area contributed by atoms with Crippen LogP contribution < -0.4 is 5.32 Å². The van der Waals surface area contributed by atoms with E-state index in [0.717, 1.165) is 5.56 Å². The third kappa shape index (κ3) is 4.43. The zero-order valence-electron chi connectivity index (χ0n) is 13.7. The summed E-state index contributed by atoms with van der Waals surface area (Å²) in [6, 6.07) is 18.0. The molecule has 0 aliphatic heterocycles. The van der Waals surface area contributed by atoms with E-state index in [4.69, 9.17) is 5.26 Å². The summed E-state index contributed by atoms with van der Waals surface area (Å²) in [6.07, 6.45) is 0. The van der Waals surface area contributed by atoms with Gasteiger partial charge in [0.25, 0.3) is 0 Å². The van der Waals surface area contributed by atoms with E-state index < -0.39 is 0 Å². The highest BCUT2D eigenvalue weighted by Gasteiger charge is 2.21. The molecule has 0 saturated heterocycles. The van der Waals surface area contributed by atoms with Crippen LogP contribution in [-0.2, 0) is 9.59 Å². The van der Waals surface area contributed by atoms with Crippen LogP contribution in [0.4, 0.5) is 5.69 Å². The summed E-state index contributed by atoms with van der Waals surface area (Å²) < 4.78 is 0. The van der Waals surface area contributed by atoms with Gasteiger partial charge in [0.15, 0.2) is 0 Å². The lowest BCUT2D eigenvalue weighted by Crippen LogP contribution is -2.38. The molecule has 122 valence electrons. The van der Waals surface area contributed by atoms with Crippen molar-refractivity contribution >= 4 is 17.5 Å². The van der Waals surface area contributed by atoms with E-state index in [1.807, 2.05) is 43.3 Å². The van der Waals surface area contributed by atoms with Crippen LogP contribution in [0, 0.1) is 11.3 Å². The quantitative estimate of drug-likeness (QED) is 0.919. The summed E-state index contributed by atoms with van der Waals surface area (Å²) in [7, 11) is 0. The van der Waals surface area contributed by atoms with Gasteiger partial charge in [0.05, 0.1) is 17.7 Å². The molecule has 5 heteroatoms. The van der Waals surface area contributed by atoms with Gasteiger partial charge in [-0.3, -0.25) is 9.59 Å². The van der Waals surface area contributed by atoms with Crippen LogP contribution in [0.2, 0.25) is 0 Å². The molecule has 24 heavy (non-hydrogen) atoms. The number of hydrogen-bond donors (Lipinski definition) is 1. The molecule has 0 saturated carbocycles. The maximum Gasteiger partial charge on any atom is 0.244 e. The Morgan fingerprint density at radius 1 is 1.17 bits per heavy atom. The third-order valence-corrected chi connectivity index (χ3v) is 3.74. The monoisotopic (exact) mass is 321 g/mol. The van der Waals surface area contributed by atoms with Crippen molar-refractivity contribution in [1.29, 1.82) is 5.26 Å². The lowest BCUT2D eigenvalue weighted by Gasteiger charge is -2.28. The maximum absolute atomic E-state index is 12.3. The Labute approximate surface area is 141 Å². The molecule has 0 bridgehead atoms. The summed E-state index contributed by atoms with van der Waals surface area (Å²) in [6.45, 7) is 3.28. The van der Waals surface area contributed by atoms with Crippen molar-refractivity contribution in [2.45, 2.75) is 19.9 Å². The van der Waals surface area contributed by atoms with E-state index in [2.05, 4.69) is 5.32 Å². The molecule has 2 aromatic rings. The molecule has 2 amide bonds. The molecule has 0 fully saturated rings. The average Bonchev–Trinajstić information content (AvgIpc) is 2.59. The second-order valence-electron chi connectivity index (χ2n) is 5.47. The van der Waals surface area contributed by atoms with E-state index in [1.165, 1.54) is 11.8 Å². The summed E-state index contributed by atoms with van der Waals surface area (Å²) >= 11 is 0. The normalized spacial score (nSPS) is 11.2. The number of amides is 2.